The fourth-order valence-corrected chi connectivity index (χ4v) is 11.3. The van der Waals surface area contributed by atoms with E-state index < -0.39 is 0 Å². The van der Waals surface area contributed by atoms with E-state index in [1.165, 1.54) is 320 Å². The lowest BCUT2D eigenvalue weighted by atomic mass is 9.98. The van der Waals surface area contributed by atoms with E-state index >= 15 is 0 Å². The number of ketones is 1. The molecular weight excluding hydrogens is 873 g/mol. The van der Waals surface area contributed by atoms with E-state index in [4.69, 9.17) is 0 Å². The van der Waals surface area contributed by atoms with Crippen LogP contribution in [0, 0.1) is 0 Å². The molecule has 0 bridgehead atoms. The Morgan fingerprint density at radius 1 is 0.278 bits per heavy atom. The van der Waals surface area contributed by atoms with Gasteiger partial charge in [-0.3, -0.25) is 4.79 Å². The molecule has 0 atom stereocenters. The fraction of sp³-hybridized carbons (Fsp3) is 0.812. The van der Waals surface area contributed by atoms with Crippen LogP contribution in [-0.2, 0) is 0 Å². The van der Waals surface area contributed by atoms with Crippen LogP contribution in [0.4, 0.5) is 11.4 Å². The van der Waals surface area contributed by atoms with Crippen LogP contribution in [0.5, 0.6) is 0 Å². The third kappa shape index (κ3) is 35.8. The molecule has 2 rings (SSSR count). The smallest absolute Gasteiger partial charge is 0.195 e. The Bertz CT molecular complexity index is 1370. The highest BCUT2D eigenvalue weighted by atomic mass is 16.1. The molecule has 0 fully saturated rings. The number of anilines is 2. The molecule has 0 aromatic heterocycles. The van der Waals surface area contributed by atoms with E-state index in [0.29, 0.717) is 0 Å². The molecule has 2 aromatic rings. The quantitative estimate of drug-likeness (QED) is 0.0487. The molecule has 0 saturated heterocycles. The van der Waals surface area contributed by atoms with Crippen molar-refractivity contribution < 1.29 is 4.79 Å². The monoisotopic (exact) mass is 997 g/mol. The summed E-state index contributed by atoms with van der Waals surface area (Å²) >= 11 is 0. The molecule has 72 heavy (non-hydrogen) atoms. The molecule has 416 valence electrons. The second kappa shape index (κ2) is 50.8. The third-order valence-corrected chi connectivity index (χ3v) is 16.1. The molecular formula is C69H124N2O. The summed E-state index contributed by atoms with van der Waals surface area (Å²) < 4.78 is 0. The molecule has 0 aliphatic heterocycles. The zero-order chi connectivity index (χ0) is 51.5. The summed E-state index contributed by atoms with van der Waals surface area (Å²) in [6.07, 6.45) is 66.0. The van der Waals surface area contributed by atoms with Gasteiger partial charge in [0.05, 0.1) is 11.4 Å². The first kappa shape index (κ1) is 65.8. The normalized spacial score (nSPS) is 11.5. The minimum atomic E-state index is 0.192. The van der Waals surface area contributed by atoms with E-state index in [0.717, 1.165) is 37.3 Å². The van der Waals surface area contributed by atoms with Crippen molar-refractivity contribution in [3.63, 3.8) is 0 Å². The zero-order valence-corrected chi connectivity index (χ0v) is 49.2. The predicted octanol–water partition coefficient (Wildman–Crippen LogP) is 23.3. The van der Waals surface area contributed by atoms with Gasteiger partial charge in [-0.05, 0) is 37.8 Å². The van der Waals surface area contributed by atoms with Crippen LogP contribution in [0.1, 0.15) is 352 Å². The molecule has 0 unspecified atom stereocenters. The Balaban J connectivity index is 2.26. The minimum Gasteiger partial charge on any atom is -0.370 e. The van der Waals surface area contributed by atoms with Gasteiger partial charge in [-0.15, -0.1) is 0 Å². The summed E-state index contributed by atoms with van der Waals surface area (Å²) in [5.74, 6) is 0.192. The lowest BCUT2D eigenvalue weighted by molar-refractivity contribution is 0.103. The van der Waals surface area contributed by atoms with Crippen molar-refractivity contribution in [3.8, 4) is 0 Å². The highest BCUT2D eigenvalue weighted by molar-refractivity contribution is 6.14. The van der Waals surface area contributed by atoms with Gasteiger partial charge in [-0.25, -0.2) is 0 Å². The third-order valence-electron chi connectivity index (χ3n) is 16.1. The van der Waals surface area contributed by atoms with Crippen LogP contribution in [0.2, 0.25) is 0 Å². The van der Waals surface area contributed by atoms with Gasteiger partial charge in [0.25, 0.3) is 0 Å². The largest absolute Gasteiger partial charge is 0.370 e. The van der Waals surface area contributed by atoms with Crippen LogP contribution < -0.4 is 9.80 Å². The van der Waals surface area contributed by atoms with Crippen molar-refractivity contribution in [2.45, 2.75) is 336 Å². The standard InChI is InChI=1S/C69H124N2O/c1-5-9-13-17-21-25-29-33-37-41-45-52-61-70(62-53-46-42-38-34-30-26-22-18-14-10-6-2)67-60-56-59-66(69(72)65-57-50-49-51-58-65)68(67)71(63-54-47-43-39-35-31-27-23-19-15-11-7-3)64-55-48-44-40-36-32-28-24-20-16-12-8-4/h49-51,56-60H,5-48,52-55,61-64H2,1-4H3. The van der Waals surface area contributed by atoms with Gasteiger partial charge >= 0.3 is 0 Å². The van der Waals surface area contributed by atoms with Gasteiger partial charge in [0.1, 0.15) is 0 Å². The van der Waals surface area contributed by atoms with Crippen molar-refractivity contribution in [3.05, 3.63) is 59.7 Å². The molecule has 3 heteroatoms. The van der Waals surface area contributed by atoms with Crippen molar-refractivity contribution in [1.29, 1.82) is 0 Å². The average molecular weight is 998 g/mol. The van der Waals surface area contributed by atoms with E-state index in [2.05, 4.69) is 55.7 Å². The van der Waals surface area contributed by atoms with Crippen LogP contribution in [0.25, 0.3) is 0 Å². The van der Waals surface area contributed by atoms with E-state index in [-0.39, 0.29) is 5.78 Å². The van der Waals surface area contributed by atoms with E-state index in [1.54, 1.807) is 0 Å². The highest BCUT2D eigenvalue weighted by Crippen LogP contribution is 2.36. The fourth-order valence-electron chi connectivity index (χ4n) is 11.3. The molecule has 2 aromatic carbocycles. The van der Waals surface area contributed by atoms with Gasteiger partial charge in [0.2, 0.25) is 0 Å². The van der Waals surface area contributed by atoms with Crippen molar-refractivity contribution in [1.82, 2.24) is 0 Å². The van der Waals surface area contributed by atoms with Gasteiger partial charge in [-0.1, -0.05) is 347 Å². The van der Waals surface area contributed by atoms with Gasteiger partial charge in [-0.2, -0.15) is 0 Å². The number of carbonyl (C=O) groups excluding carboxylic acids is 1. The molecule has 0 aliphatic carbocycles. The number of para-hydroxylation sites is 1. The minimum absolute atomic E-state index is 0.192. The van der Waals surface area contributed by atoms with Crippen LogP contribution >= 0.6 is 0 Å². The molecule has 0 amide bonds. The molecule has 3 nitrogen and oxygen atoms in total. The summed E-state index contributed by atoms with van der Waals surface area (Å²) in [4.78, 5) is 20.3. The Morgan fingerprint density at radius 3 is 0.806 bits per heavy atom. The molecule has 0 saturated carbocycles. The summed E-state index contributed by atoms with van der Waals surface area (Å²) in [6.45, 7) is 13.6. The lowest BCUT2D eigenvalue weighted by Crippen LogP contribution is -2.33. The second-order valence-electron chi connectivity index (χ2n) is 22.9. The lowest BCUT2D eigenvalue weighted by Gasteiger charge is -2.34. The Morgan fingerprint density at radius 2 is 0.528 bits per heavy atom. The van der Waals surface area contributed by atoms with Crippen LogP contribution in [-0.4, -0.2) is 32.0 Å². The highest BCUT2D eigenvalue weighted by Gasteiger charge is 2.24. The Hall–Kier alpha value is -2.29. The number of unbranched alkanes of at least 4 members (excludes halogenated alkanes) is 44. The van der Waals surface area contributed by atoms with Crippen molar-refractivity contribution in [2.75, 3.05) is 36.0 Å². The van der Waals surface area contributed by atoms with Crippen LogP contribution in [0.15, 0.2) is 48.5 Å². The Kier molecular flexibility index (Phi) is 46.5. The molecule has 0 aliphatic rings. The average Bonchev–Trinajstić information content (AvgIpc) is 3.40. The number of hydrogen-bond donors (Lipinski definition) is 0. The number of benzene rings is 2. The second-order valence-corrected chi connectivity index (χ2v) is 22.9. The summed E-state index contributed by atoms with van der Waals surface area (Å²) in [7, 11) is 0. The van der Waals surface area contributed by atoms with Gasteiger partial charge < -0.3 is 9.80 Å². The SMILES string of the molecule is CCCCCCCCCCCCCCN(CCCCCCCCCCCCCC)c1cccc(C(=O)c2ccccc2)c1N(CCCCCCCCCCCCCC)CCCCCCCCCCCCCC. The van der Waals surface area contributed by atoms with Crippen molar-refractivity contribution in [2.24, 2.45) is 0 Å². The molecule has 0 N–H and O–H groups in total. The number of hydrogen-bond acceptors (Lipinski definition) is 3. The number of rotatable bonds is 56. The van der Waals surface area contributed by atoms with Crippen LogP contribution in [0.3, 0.4) is 0 Å². The van der Waals surface area contributed by atoms with Gasteiger partial charge in [0, 0.05) is 37.3 Å². The van der Waals surface area contributed by atoms with Gasteiger partial charge in [0.15, 0.2) is 5.78 Å². The molecule has 0 radical (unpaired) electrons. The van der Waals surface area contributed by atoms with Crippen molar-refractivity contribution >= 4 is 17.2 Å². The Labute approximate surface area is 451 Å². The summed E-state index contributed by atoms with van der Waals surface area (Å²) in [6, 6.07) is 17.0. The maximum Gasteiger partial charge on any atom is 0.195 e. The predicted molar refractivity (Wildman–Crippen MR) is 325 cm³/mol. The maximum atomic E-state index is 14.8. The first-order valence-corrected chi connectivity index (χ1v) is 32.9. The van der Waals surface area contributed by atoms with E-state index in [9.17, 15) is 4.79 Å². The number of nitrogens with zero attached hydrogens (tertiary/aromatic N) is 2. The topological polar surface area (TPSA) is 23.6 Å². The maximum absolute atomic E-state index is 14.8. The van der Waals surface area contributed by atoms with E-state index in [1.807, 2.05) is 30.3 Å². The molecule has 0 spiro atoms. The molecule has 0 heterocycles. The zero-order valence-electron chi connectivity index (χ0n) is 49.2. The summed E-state index contributed by atoms with van der Waals surface area (Å²) in [5.41, 5.74) is 4.32. The first-order chi connectivity index (χ1) is 35.7. The summed E-state index contributed by atoms with van der Waals surface area (Å²) in [5, 5.41) is 0. The first-order valence-electron chi connectivity index (χ1n) is 32.9. The number of carbonyl (C=O) groups is 1.